The standard InChI is InChI=1S/C16H17BrN2/c1-11(2)16(18)15(13-4-3-9-19-10-13)12-5-7-14(17)8-6-12/h3-11H,18H2,1-2H3/b16-15-. The van der Waals surface area contributed by atoms with Crippen LogP contribution in [0.3, 0.4) is 0 Å². The fourth-order valence-corrected chi connectivity index (χ4v) is 2.18. The van der Waals surface area contributed by atoms with E-state index in [1.54, 1.807) is 6.20 Å². The molecule has 0 radical (unpaired) electrons. The highest BCUT2D eigenvalue weighted by Crippen LogP contribution is 2.28. The van der Waals surface area contributed by atoms with E-state index >= 15 is 0 Å². The Morgan fingerprint density at radius 1 is 1.11 bits per heavy atom. The van der Waals surface area contributed by atoms with E-state index in [-0.39, 0.29) is 0 Å². The van der Waals surface area contributed by atoms with Crippen LogP contribution in [-0.4, -0.2) is 4.98 Å². The minimum Gasteiger partial charge on any atom is -0.401 e. The van der Waals surface area contributed by atoms with Crippen molar-refractivity contribution >= 4 is 21.5 Å². The highest BCUT2D eigenvalue weighted by molar-refractivity contribution is 9.10. The van der Waals surface area contributed by atoms with Gasteiger partial charge in [0.25, 0.3) is 0 Å². The van der Waals surface area contributed by atoms with Gasteiger partial charge in [-0.2, -0.15) is 0 Å². The number of hydrogen-bond donors (Lipinski definition) is 1. The Balaban J connectivity index is 2.59. The average Bonchev–Trinajstić information content (AvgIpc) is 2.42. The molecule has 0 spiro atoms. The maximum absolute atomic E-state index is 6.30. The van der Waals surface area contributed by atoms with Crippen LogP contribution >= 0.6 is 15.9 Å². The molecule has 0 unspecified atom stereocenters. The summed E-state index contributed by atoms with van der Waals surface area (Å²) in [5.41, 5.74) is 10.4. The van der Waals surface area contributed by atoms with Crippen molar-refractivity contribution in [2.75, 3.05) is 0 Å². The Hall–Kier alpha value is -1.61. The van der Waals surface area contributed by atoms with Gasteiger partial charge in [-0.05, 0) is 29.7 Å². The number of aromatic nitrogens is 1. The predicted molar refractivity (Wildman–Crippen MR) is 83.4 cm³/mol. The molecule has 19 heavy (non-hydrogen) atoms. The number of nitrogens with two attached hydrogens (primary N) is 1. The van der Waals surface area contributed by atoms with Crippen molar-refractivity contribution in [2.24, 2.45) is 11.7 Å². The van der Waals surface area contributed by atoms with E-state index in [1.165, 1.54) is 0 Å². The molecule has 98 valence electrons. The topological polar surface area (TPSA) is 38.9 Å². The van der Waals surface area contributed by atoms with E-state index in [1.807, 2.05) is 30.5 Å². The molecule has 0 aliphatic carbocycles. The molecule has 3 heteroatoms. The Morgan fingerprint density at radius 2 is 1.79 bits per heavy atom. The van der Waals surface area contributed by atoms with E-state index < -0.39 is 0 Å². The Bertz CT molecular complexity index is 571. The summed E-state index contributed by atoms with van der Waals surface area (Å²) in [4.78, 5) is 4.19. The predicted octanol–water partition coefficient (Wildman–Crippen LogP) is 4.22. The lowest BCUT2D eigenvalue weighted by atomic mass is 9.93. The van der Waals surface area contributed by atoms with Gasteiger partial charge in [0.05, 0.1) is 0 Å². The summed E-state index contributed by atoms with van der Waals surface area (Å²) in [6.07, 6.45) is 3.63. The molecule has 1 aromatic carbocycles. The zero-order chi connectivity index (χ0) is 13.8. The molecule has 0 saturated carbocycles. The monoisotopic (exact) mass is 316 g/mol. The van der Waals surface area contributed by atoms with Crippen molar-refractivity contribution < 1.29 is 0 Å². The summed E-state index contributed by atoms with van der Waals surface area (Å²) in [6, 6.07) is 12.2. The van der Waals surface area contributed by atoms with Crippen LogP contribution in [0.25, 0.3) is 5.57 Å². The van der Waals surface area contributed by atoms with Crippen LogP contribution in [0.4, 0.5) is 0 Å². The highest BCUT2D eigenvalue weighted by atomic mass is 79.9. The van der Waals surface area contributed by atoms with E-state index in [0.29, 0.717) is 5.92 Å². The first-order valence-corrected chi connectivity index (χ1v) is 7.05. The van der Waals surface area contributed by atoms with Crippen LogP contribution in [0.2, 0.25) is 0 Å². The second-order valence-electron chi connectivity index (χ2n) is 4.73. The Kier molecular flexibility index (Phi) is 4.38. The molecular weight excluding hydrogens is 300 g/mol. The first-order chi connectivity index (χ1) is 9.09. The van der Waals surface area contributed by atoms with Gasteiger partial charge in [-0.3, -0.25) is 4.98 Å². The number of rotatable bonds is 3. The van der Waals surface area contributed by atoms with Gasteiger partial charge in [0, 0.05) is 33.7 Å². The van der Waals surface area contributed by atoms with E-state index in [9.17, 15) is 0 Å². The molecule has 2 nitrogen and oxygen atoms in total. The number of allylic oxidation sites excluding steroid dienone is 1. The third kappa shape index (κ3) is 3.24. The van der Waals surface area contributed by atoms with Gasteiger partial charge < -0.3 is 5.73 Å². The van der Waals surface area contributed by atoms with Gasteiger partial charge in [-0.25, -0.2) is 0 Å². The fourth-order valence-electron chi connectivity index (χ4n) is 1.92. The minimum absolute atomic E-state index is 0.291. The number of pyridine rings is 1. The van der Waals surface area contributed by atoms with E-state index in [0.717, 1.165) is 26.9 Å². The molecule has 0 bridgehead atoms. The van der Waals surface area contributed by atoms with Crippen LogP contribution in [0.15, 0.2) is 59.0 Å². The lowest BCUT2D eigenvalue weighted by molar-refractivity contribution is 0.760. The van der Waals surface area contributed by atoms with E-state index in [2.05, 4.69) is 46.9 Å². The van der Waals surface area contributed by atoms with Crippen molar-refractivity contribution in [1.82, 2.24) is 4.98 Å². The van der Waals surface area contributed by atoms with Crippen LogP contribution in [0.1, 0.15) is 25.0 Å². The largest absolute Gasteiger partial charge is 0.401 e. The number of nitrogens with zero attached hydrogens (tertiary/aromatic N) is 1. The molecule has 2 N–H and O–H groups in total. The van der Waals surface area contributed by atoms with Gasteiger partial charge in [0.1, 0.15) is 0 Å². The van der Waals surface area contributed by atoms with Gasteiger partial charge in [0.15, 0.2) is 0 Å². The van der Waals surface area contributed by atoms with Gasteiger partial charge >= 0.3 is 0 Å². The third-order valence-electron chi connectivity index (χ3n) is 2.99. The summed E-state index contributed by atoms with van der Waals surface area (Å²) < 4.78 is 1.06. The smallest absolute Gasteiger partial charge is 0.0347 e. The molecule has 0 aliphatic rings. The van der Waals surface area contributed by atoms with Crippen LogP contribution in [-0.2, 0) is 0 Å². The molecule has 0 atom stereocenters. The summed E-state index contributed by atoms with van der Waals surface area (Å²) >= 11 is 3.46. The summed E-state index contributed by atoms with van der Waals surface area (Å²) in [6.45, 7) is 4.20. The van der Waals surface area contributed by atoms with Crippen molar-refractivity contribution in [1.29, 1.82) is 0 Å². The number of halogens is 1. The van der Waals surface area contributed by atoms with Crippen LogP contribution < -0.4 is 5.73 Å². The zero-order valence-corrected chi connectivity index (χ0v) is 12.7. The van der Waals surface area contributed by atoms with Gasteiger partial charge in [-0.15, -0.1) is 0 Å². The summed E-state index contributed by atoms with van der Waals surface area (Å²) in [5.74, 6) is 0.291. The first kappa shape index (κ1) is 13.8. The fraction of sp³-hybridized carbons (Fsp3) is 0.188. The summed E-state index contributed by atoms with van der Waals surface area (Å²) in [7, 11) is 0. The first-order valence-electron chi connectivity index (χ1n) is 6.25. The Morgan fingerprint density at radius 3 is 2.32 bits per heavy atom. The molecule has 2 aromatic rings. The van der Waals surface area contributed by atoms with Crippen molar-refractivity contribution in [3.05, 3.63) is 70.1 Å². The molecular formula is C16H17BrN2. The SMILES string of the molecule is CC(C)/C(N)=C(\c1ccc(Br)cc1)c1cccnc1. The molecule has 1 heterocycles. The van der Waals surface area contributed by atoms with Crippen LogP contribution in [0.5, 0.6) is 0 Å². The van der Waals surface area contributed by atoms with Crippen LogP contribution in [0, 0.1) is 5.92 Å². The number of benzene rings is 1. The lowest BCUT2D eigenvalue weighted by Crippen LogP contribution is -2.09. The zero-order valence-electron chi connectivity index (χ0n) is 11.1. The number of hydrogen-bond acceptors (Lipinski definition) is 2. The van der Waals surface area contributed by atoms with Crippen molar-refractivity contribution in [3.63, 3.8) is 0 Å². The normalized spacial score (nSPS) is 12.4. The average molecular weight is 317 g/mol. The minimum atomic E-state index is 0.291. The molecule has 0 amide bonds. The highest BCUT2D eigenvalue weighted by Gasteiger charge is 2.12. The summed E-state index contributed by atoms with van der Waals surface area (Å²) in [5, 5.41) is 0. The van der Waals surface area contributed by atoms with Crippen molar-refractivity contribution in [3.8, 4) is 0 Å². The maximum Gasteiger partial charge on any atom is 0.0347 e. The second kappa shape index (κ2) is 6.02. The van der Waals surface area contributed by atoms with E-state index in [4.69, 9.17) is 5.73 Å². The Labute approximate surface area is 122 Å². The molecule has 0 aliphatic heterocycles. The molecule has 0 fully saturated rings. The van der Waals surface area contributed by atoms with Crippen molar-refractivity contribution in [2.45, 2.75) is 13.8 Å². The van der Waals surface area contributed by atoms with Gasteiger partial charge in [0.2, 0.25) is 0 Å². The quantitative estimate of drug-likeness (QED) is 0.920. The molecule has 1 aromatic heterocycles. The molecule has 0 saturated heterocycles. The third-order valence-corrected chi connectivity index (χ3v) is 3.52. The maximum atomic E-state index is 6.30. The second-order valence-corrected chi connectivity index (χ2v) is 5.65. The van der Waals surface area contributed by atoms with Gasteiger partial charge in [-0.1, -0.05) is 48.0 Å². The molecule has 2 rings (SSSR count). The lowest BCUT2D eigenvalue weighted by Gasteiger charge is -2.15.